The quantitative estimate of drug-likeness (QED) is 0.512. The SMILES string of the molecule is CCc1cc(O)ccc1-c1cc2c(c(NCc3ccccc3N(C)SC)n1)C=NC2. The second-order valence-electron chi connectivity index (χ2n) is 7.26. The number of aryl methyl sites for hydroxylation is 1. The molecule has 2 N–H and O–H groups in total. The number of nitrogens with zero attached hydrogens (tertiary/aromatic N) is 3. The van der Waals surface area contributed by atoms with Crippen LogP contribution in [0.5, 0.6) is 5.75 Å². The summed E-state index contributed by atoms with van der Waals surface area (Å²) in [4.78, 5) is 9.42. The van der Waals surface area contributed by atoms with Gasteiger partial charge in [-0.15, -0.1) is 0 Å². The fraction of sp³-hybridized carbons (Fsp3) is 0.250. The average molecular weight is 419 g/mol. The van der Waals surface area contributed by atoms with E-state index < -0.39 is 0 Å². The summed E-state index contributed by atoms with van der Waals surface area (Å²) in [7, 11) is 2.07. The van der Waals surface area contributed by atoms with Gasteiger partial charge in [-0.1, -0.05) is 37.1 Å². The molecule has 3 aromatic rings. The average Bonchev–Trinajstić information content (AvgIpc) is 3.25. The molecule has 0 atom stereocenters. The number of aromatic hydroxyl groups is 1. The lowest BCUT2D eigenvalue weighted by Gasteiger charge is -2.20. The number of phenols is 1. The van der Waals surface area contributed by atoms with Gasteiger partial charge < -0.3 is 14.7 Å². The van der Waals surface area contributed by atoms with Gasteiger partial charge >= 0.3 is 0 Å². The van der Waals surface area contributed by atoms with Crippen molar-refractivity contribution in [3.8, 4) is 17.0 Å². The van der Waals surface area contributed by atoms with Gasteiger partial charge in [-0.2, -0.15) is 0 Å². The zero-order valence-corrected chi connectivity index (χ0v) is 18.3. The topological polar surface area (TPSA) is 60.8 Å². The number of aromatic nitrogens is 1. The van der Waals surface area contributed by atoms with Gasteiger partial charge in [-0.05, 0) is 53.4 Å². The van der Waals surface area contributed by atoms with Crippen molar-refractivity contribution in [2.24, 2.45) is 4.99 Å². The second-order valence-corrected chi connectivity index (χ2v) is 8.17. The summed E-state index contributed by atoms with van der Waals surface area (Å²) in [5, 5.41) is 13.4. The third kappa shape index (κ3) is 4.00. The van der Waals surface area contributed by atoms with Crippen LogP contribution in [0.2, 0.25) is 0 Å². The molecular formula is C24H26N4OS. The van der Waals surface area contributed by atoms with Crippen molar-refractivity contribution < 1.29 is 5.11 Å². The molecule has 0 bridgehead atoms. The molecule has 1 aliphatic heterocycles. The number of aliphatic imine (C=N–C) groups is 1. The summed E-state index contributed by atoms with van der Waals surface area (Å²) in [6, 6.07) is 16.0. The van der Waals surface area contributed by atoms with Crippen LogP contribution >= 0.6 is 11.9 Å². The number of nitrogens with one attached hydrogen (secondary N) is 1. The molecule has 154 valence electrons. The molecule has 0 radical (unpaired) electrons. The lowest BCUT2D eigenvalue weighted by atomic mass is 9.99. The van der Waals surface area contributed by atoms with E-state index in [4.69, 9.17) is 4.98 Å². The van der Waals surface area contributed by atoms with Crippen molar-refractivity contribution in [1.82, 2.24) is 4.98 Å². The molecule has 6 heteroatoms. The molecule has 30 heavy (non-hydrogen) atoms. The number of anilines is 2. The molecule has 4 rings (SSSR count). The number of phenolic OH excluding ortho intramolecular Hbond substituents is 1. The smallest absolute Gasteiger partial charge is 0.136 e. The number of fused-ring (bicyclic) bond motifs is 1. The van der Waals surface area contributed by atoms with E-state index in [1.807, 2.05) is 18.3 Å². The molecule has 0 unspecified atom stereocenters. The van der Waals surface area contributed by atoms with Gasteiger partial charge in [0.25, 0.3) is 0 Å². The number of hydrogen-bond donors (Lipinski definition) is 2. The van der Waals surface area contributed by atoms with E-state index in [9.17, 15) is 5.11 Å². The first kappa shape index (κ1) is 20.3. The maximum Gasteiger partial charge on any atom is 0.136 e. The molecule has 0 saturated carbocycles. The van der Waals surface area contributed by atoms with Crippen molar-refractivity contribution in [3.63, 3.8) is 0 Å². The molecule has 1 aromatic heterocycles. The second kappa shape index (κ2) is 8.79. The first-order valence-electron chi connectivity index (χ1n) is 10.1. The van der Waals surface area contributed by atoms with Crippen LogP contribution in [-0.4, -0.2) is 29.6 Å². The van der Waals surface area contributed by atoms with Crippen LogP contribution in [0.3, 0.4) is 0 Å². The first-order chi connectivity index (χ1) is 14.6. The van der Waals surface area contributed by atoms with Crippen LogP contribution < -0.4 is 9.62 Å². The summed E-state index contributed by atoms with van der Waals surface area (Å²) in [6.07, 6.45) is 4.81. The Morgan fingerprint density at radius 1 is 1.13 bits per heavy atom. The summed E-state index contributed by atoms with van der Waals surface area (Å²) < 4.78 is 2.16. The molecule has 0 saturated heterocycles. The van der Waals surface area contributed by atoms with E-state index in [1.165, 1.54) is 16.8 Å². The number of hydrogen-bond acceptors (Lipinski definition) is 6. The fourth-order valence-corrected chi connectivity index (χ4v) is 4.13. The maximum atomic E-state index is 9.87. The van der Waals surface area contributed by atoms with E-state index in [1.54, 1.807) is 18.0 Å². The van der Waals surface area contributed by atoms with Crippen LogP contribution in [0, 0.1) is 0 Å². The van der Waals surface area contributed by atoms with E-state index >= 15 is 0 Å². The minimum absolute atomic E-state index is 0.285. The Kier molecular flexibility index (Phi) is 5.95. The summed E-state index contributed by atoms with van der Waals surface area (Å²) in [6.45, 7) is 3.44. The number of benzene rings is 2. The zero-order chi connectivity index (χ0) is 21.1. The van der Waals surface area contributed by atoms with Crippen LogP contribution in [-0.2, 0) is 19.5 Å². The fourth-order valence-electron chi connectivity index (χ4n) is 3.76. The standard InChI is InChI=1S/C24H26N4OS/c1-4-16-11-19(29)9-10-20(16)22-12-18-13-25-15-21(18)24(27-22)26-14-17-7-5-6-8-23(17)28(2)30-3/h5-12,15,29H,4,13-14H2,1-3H3,(H,26,27). The molecule has 5 nitrogen and oxygen atoms in total. The Morgan fingerprint density at radius 3 is 2.77 bits per heavy atom. The van der Waals surface area contributed by atoms with Gasteiger partial charge in [0, 0.05) is 37.2 Å². The third-order valence-electron chi connectivity index (χ3n) is 5.42. The van der Waals surface area contributed by atoms with E-state index in [0.29, 0.717) is 13.1 Å². The predicted octanol–water partition coefficient (Wildman–Crippen LogP) is 5.28. The van der Waals surface area contributed by atoms with Crippen molar-refractivity contribution in [1.29, 1.82) is 0 Å². The highest BCUT2D eigenvalue weighted by atomic mass is 32.2. The molecule has 2 aromatic carbocycles. The number of para-hydroxylation sites is 1. The molecule has 0 aliphatic carbocycles. The summed E-state index contributed by atoms with van der Waals surface area (Å²) in [5.74, 6) is 1.13. The Bertz CT molecular complexity index is 1100. The minimum Gasteiger partial charge on any atom is -0.508 e. The Hall–Kier alpha value is -2.99. The van der Waals surface area contributed by atoms with Gasteiger partial charge in [-0.3, -0.25) is 4.99 Å². The van der Waals surface area contributed by atoms with Crippen molar-refractivity contribution in [2.45, 2.75) is 26.4 Å². The molecule has 0 spiro atoms. The maximum absolute atomic E-state index is 9.87. The van der Waals surface area contributed by atoms with Gasteiger partial charge in [0.15, 0.2) is 0 Å². The van der Waals surface area contributed by atoms with Crippen LogP contribution in [0.15, 0.2) is 53.5 Å². The Balaban J connectivity index is 1.69. The summed E-state index contributed by atoms with van der Waals surface area (Å²) >= 11 is 1.69. The highest BCUT2D eigenvalue weighted by Gasteiger charge is 2.17. The van der Waals surface area contributed by atoms with Crippen LogP contribution in [0.1, 0.15) is 29.2 Å². The summed E-state index contributed by atoms with van der Waals surface area (Å²) in [5.41, 5.74) is 7.68. The van der Waals surface area contributed by atoms with Crippen molar-refractivity contribution in [3.05, 3.63) is 70.8 Å². The molecule has 0 amide bonds. The van der Waals surface area contributed by atoms with Gasteiger partial charge in [-0.25, -0.2) is 4.98 Å². The Labute approximate surface area is 182 Å². The monoisotopic (exact) mass is 418 g/mol. The van der Waals surface area contributed by atoms with Crippen LogP contribution in [0.25, 0.3) is 11.3 Å². The normalized spacial score (nSPS) is 12.1. The third-order valence-corrected chi connectivity index (χ3v) is 6.17. The first-order valence-corrected chi connectivity index (χ1v) is 11.2. The van der Waals surface area contributed by atoms with Gasteiger partial charge in [0.2, 0.25) is 0 Å². The molecule has 2 heterocycles. The highest BCUT2D eigenvalue weighted by Crippen LogP contribution is 2.32. The molecular weight excluding hydrogens is 392 g/mol. The predicted molar refractivity (Wildman–Crippen MR) is 128 cm³/mol. The highest BCUT2D eigenvalue weighted by molar-refractivity contribution is 7.99. The van der Waals surface area contributed by atoms with Gasteiger partial charge in [0.05, 0.1) is 17.9 Å². The van der Waals surface area contributed by atoms with Crippen molar-refractivity contribution >= 4 is 29.7 Å². The van der Waals surface area contributed by atoms with Crippen molar-refractivity contribution in [2.75, 3.05) is 22.9 Å². The largest absolute Gasteiger partial charge is 0.508 e. The number of pyridine rings is 1. The minimum atomic E-state index is 0.285. The van der Waals surface area contributed by atoms with Gasteiger partial charge in [0.1, 0.15) is 11.6 Å². The lowest BCUT2D eigenvalue weighted by Crippen LogP contribution is -2.12. The van der Waals surface area contributed by atoms with E-state index in [-0.39, 0.29) is 5.75 Å². The van der Waals surface area contributed by atoms with E-state index in [0.717, 1.165) is 34.6 Å². The Morgan fingerprint density at radius 2 is 1.97 bits per heavy atom. The molecule has 0 fully saturated rings. The van der Waals surface area contributed by atoms with Crippen LogP contribution in [0.4, 0.5) is 11.5 Å². The molecule has 1 aliphatic rings. The zero-order valence-electron chi connectivity index (χ0n) is 17.5. The van der Waals surface area contributed by atoms with E-state index in [2.05, 4.69) is 65.2 Å². The number of rotatable bonds is 7. The lowest BCUT2D eigenvalue weighted by molar-refractivity contribution is 0.474.